The van der Waals surface area contributed by atoms with Gasteiger partial charge in [-0.2, -0.15) is 0 Å². The fourth-order valence-electron chi connectivity index (χ4n) is 2.35. The maximum Gasteiger partial charge on any atom is 0.0830 e. The first-order chi connectivity index (χ1) is 9.47. The van der Waals surface area contributed by atoms with Crippen molar-refractivity contribution in [2.45, 2.75) is 46.1 Å². The summed E-state index contributed by atoms with van der Waals surface area (Å²) in [6.45, 7) is 8.57. The molecule has 1 N–H and O–H groups in total. The zero-order valence-electron chi connectivity index (χ0n) is 12.9. The molecule has 106 valence electrons. The van der Waals surface area contributed by atoms with Crippen molar-refractivity contribution in [2.75, 3.05) is 0 Å². The summed E-state index contributed by atoms with van der Waals surface area (Å²) in [5.41, 5.74) is 6.02. The quantitative estimate of drug-likeness (QED) is 0.852. The van der Waals surface area contributed by atoms with Crippen LogP contribution >= 0.6 is 0 Å². The van der Waals surface area contributed by atoms with Crippen molar-refractivity contribution in [3.8, 4) is 0 Å². The average molecular weight is 268 g/mol. The summed E-state index contributed by atoms with van der Waals surface area (Å²) in [4.78, 5) is 0. The molecule has 0 aliphatic carbocycles. The van der Waals surface area contributed by atoms with Gasteiger partial charge in [0.05, 0.1) is 6.10 Å². The van der Waals surface area contributed by atoms with E-state index in [9.17, 15) is 5.11 Å². The molecule has 2 aromatic rings. The number of aliphatic hydroxyl groups is 1. The highest BCUT2D eigenvalue weighted by Crippen LogP contribution is 2.22. The molecular formula is C19H24O. The highest BCUT2D eigenvalue weighted by molar-refractivity contribution is 5.32. The van der Waals surface area contributed by atoms with Crippen molar-refractivity contribution >= 4 is 0 Å². The van der Waals surface area contributed by atoms with E-state index in [4.69, 9.17) is 0 Å². The molecule has 0 fully saturated rings. The van der Waals surface area contributed by atoms with Crippen molar-refractivity contribution in [3.05, 3.63) is 70.3 Å². The number of hydrogen-bond acceptors (Lipinski definition) is 1. The first-order valence-corrected chi connectivity index (χ1v) is 7.31. The molecule has 1 heteroatoms. The summed E-state index contributed by atoms with van der Waals surface area (Å²) in [5.74, 6) is 0.550. The number of hydrogen-bond donors (Lipinski definition) is 1. The maximum absolute atomic E-state index is 10.4. The van der Waals surface area contributed by atoms with Gasteiger partial charge >= 0.3 is 0 Å². The first-order valence-electron chi connectivity index (χ1n) is 7.31. The minimum Gasteiger partial charge on any atom is -0.388 e. The zero-order chi connectivity index (χ0) is 14.7. The van der Waals surface area contributed by atoms with Gasteiger partial charge in [-0.15, -0.1) is 0 Å². The van der Waals surface area contributed by atoms with Gasteiger partial charge < -0.3 is 5.11 Å². The Hall–Kier alpha value is -1.60. The Morgan fingerprint density at radius 2 is 1.45 bits per heavy atom. The lowest BCUT2D eigenvalue weighted by Gasteiger charge is -2.14. The Bertz CT molecular complexity index is 567. The normalized spacial score (nSPS) is 12.7. The van der Waals surface area contributed by atoms with Crippen molar-refractivity contribution in [1.82, 2.24) is 0 Å². The van der Waals surface area contributed by atoms with Crippen LogP contribution in [0.5, 0.6) is 0 Å². The molecule has 2 aromatic carbocycles. The highest BCUT2D eigenvalue weighted by Gasteiger charge is 2.10. The van der Waals surface area contributed by atoms with E-state index in [1.807, 2.05) is 6.07 Å². The van der Waals surface area contributed by atoms with E-state index >= 15 is 0 Å². The highest BCUT2D eigenvalue weighted by atomic mass is 16.3. The van der Waals surface area contributed by atoms with E-state index in [0.717, 1.165) is 5.56 Å². The van der Waals surface area contributed by atoms with Crippen molar-refractivity contribution in [3.63, 3.8) is 0 Å². The van der Waals surface area contributed by atoms with Crippen LogP contribution < -0.4 is 0 Å². The van der Waals surface area contributed by atoms with E-state index in [0.29, 0.717) is 12.3 Å². The Balaban J connectivity index is 2.10. The van der Waals surface area contributed by atoms with Crippen molar-refractivity contribution in [2.24, 2.45) is 0 Å². The van der Waals surface area contributed by atoms with Crippen LogP contribution in [-0.4, -0.2) is 5.11 Å². The third kappa shape index (κ3) is 3.49. The molecule has 1 unspecified atom stereocenters. The molecule has 0 radical (unpaired) electrons. The molecule has 0 spiro atoms. The Morgan fingerprint density at radius 3 is 2.00 bits per heavy atom. The molecule has 2 rings (SSSR count). The number of aliphatic hydroxyl groups excluding tert-OH is 1. The third-order valence-electron chi connectivity index (χ3n) is 3.99. The van der Waals surface area contributed by atoms with Crippen LogP contribution in [-0.2, 0) is 6.42 Å². The molecule has 0 aliphatic rings. The SMILES string of the molecule is Cc1ccc(C(O)Cc2ccc(C(C)C)cc2)cc1C. The van der Waals surface area contributed by atoms with E-state index in [1.165, 1.54) is 22.3 Å². The van der Waals surface area contributed by atoms with Gasteiger partial charge in [0, 0.05) is 6.42 Å². The largest absolute Gasteiger partial charge is 0.388 e. The number of aryl methyl sites for hydroxylation is 2. The molecule has 1 atom stereocenters. The molecule has 0 aromatic heterocycles. The monoisotopic (exact) mass is 268 g/mol. The molecule has 1 nitrogen and oxygen atoms in total. The van der Waals surface area contributed by atoms with Gasteiger partial charge in [0.2, 0.25) is 0 Å². The van der Waals surface area contributed by atoms with E-state index in [1.54, 1.807) is 0 Å². The Labute approximate surface area is 122 Å². The van der Waals surface area contributed by atoms with Gasteiger partial charge in [-0.25, -0.2) is 0 Å². The van der Waals surface area contributed by atoms with Crippen LogP contribution in [0.2, 0.25) is 0 Å². The van der Waals surface area contributed by atoms with Gasteiger partial charge in [0.15, 0.2) is 0 Å². The predicted molar refractivity (Wildman–Crippen MR) is 85.1 cm³/mol. The van der Waals surface area contributed by atoms with Gasteiger partial charge in [0.25, 0.3) is 0 Å². The average Bonchev–Trinajstić information content (AvgIpc) is 2.42. The molecule has 0 saturated heterocycles. The Kier molecular flexibility index (Phi) is 4.61. The van der Waals surface area contributed by atoms with E-state index in [2.05, 4.69) is 64.1 Å². The summed E-state index contributed by atoms with van der Waals surface area (Å²) >= 11 is 0. The maximum atomic E-state index is 10.4. The standard InChI is InChI=1S/C19H24O/c1-13(2)17-9-6-16(7-10-17)12-19(20)18-8-5-14(3)15(4)11-18/h5-11,13,19-20H,12H2,1-4H3. The second kappa shape index (κ2) is 6.23. The lowest BCUT2D eigenvalue weighted by atomic mass is 9.96. The summed E-state index contributed by atoms with van der Waals surface area (Å²) < 4.78 is 0. The van der Waals surface area contributed by atoms with Gasteiger partial charge in [-0.05, 0) is 47.6 Å². The predicted octanol–water partition coefficient (Wildman–Crippen LogP) is 4.70. The molecule has 0 bridgehead atoms. The van der Waals surface area contributed by atoms with Crippen LogP contribution in [0.4, 0.5) is 0 Å². The summed E-state index contributed by atoms with van der Waals surface area (Å²) in [6, 6.07) is 14.8. The molecule has 0 amide bonds. The zero-order valence-corrected chi connectivity index (χ0v) is 12.9. The van der Waals surface area contributed by atoms with Crippen LogP contribution in [0, 0.1) is 13.8 Å². The second-order valence-electron chi connectivity index (χ2n) is 5.96. The smallest absolute Gasteiger partial charge is 0.0830 e. The lowest BCUT2D eigenvalue weighted by Crippen LogP contribution is -2.03. The first kappa shape index (κ1) is 14.8. The van der Waals surface area contributed by atoms with E-state index < -0.39 is 6.10 Å². The molecule has 0 saturated carbocycles. The third-order valence-corrected chi connectivity index (χ3v) is 3.99. The van der Waals surface area contributed by atoms with Gasteiger partial charge in [0.1, 0.15) is 0 Å². The minimum absolute atomic E-state index is 0.431. The molecule has 0 aliphatic heterocycles. The topological polar surface area (TPSA) is 20.2 Å². The number of benzene rings is 2. The number of rotatable bonds is 4. The van der Waals surface area contributed by atoms with Gasteiger partial charge in [-0.3, -0.25) is 0 Å². The van der Waals surface area contributed by atoms with Crippen LogP contribution in [0.25, 0.3) is 0 Å². The van der Waals surface area contributed by atoms with Crippen LogP contribution in [0.3, 0.4) is 0 Å². The van der Waals surface area contributed by atoms with Crippen LogP contribution in [0.15, 0.2) is 42.5 Å². The van der Waals surface area contributed by atoms with Crippen molar-refractivity contribution in [1.29, 1.82) is 0 Å². The van der Waals surface area contributed by atoms with Crippen molar-refractivity contribution < 1.29 is 5.11 Å². The molecule has 20 heavy (non-hydrogen) atoms. The summed E-state index contributed by atoms with van der Waals surface area (Å²) in [7, 11) is 0. The Morgan fingerprint density at radius 1 is 0.850 bits per heavy atom. The molecular weight excluding hydrogens is 244 g/mol. The fraction of sp³-hybridized carbons (Fsp3) is 0.368. The minimum atomic E-state index is -0.431. The summed E-state index contributed by atoms with van der Waals surface area (Å²) in [6.07, 6.45) is 0.236. The molecule has 0 heterocycles. The van der Waals surface area contributed by atoms with Gasteiger partial charge in [-0.1, -0.05) is 56.3 Å². The van der Waals surface area contributed by atoms with Crippen LogP contribution in [0.1, 0.15) is 53.7 Å². The second-order valence-corrected chi connectivity index (χ2v) is 5.96. The summed E-state index contributed by atoms with van der Waals surface area (Å²) in [5, 5.41) is 10.4. The fourth-order valence-corrected chi connectivity index (χ4v) is 2.35. The van der Waals surface area contributed by atoms with E-state index in [-0.39, 0.29) is 0 Å². The lowest BCUT2D eigenvalue weighted by molar-refractivity contribution is 0.178.